The third kappa shape index (κ3) is 73.8. The Morgan fingerprint density at radius 2 is 0.510 bits per heavy atom. The lowest BCUT2D eigenvalue weighted by Gasteiger charge is -2.21. The number of phosphoric acid groups is 2. The number of phosphoric ester groups is 2. The van der Waals surface area contributed by atoms with Crippen molar-refractivity contribution >= 4 is 39.5 Å². The van der Waals surface area contributed by atoms with Crippen molar-refractivity contribution < 1.29 is 80.2 Å². The number of aliphatic hydroxyl groups is 1. The van der Waals surface area contributed by atoms with Gasteiger partial charge in [0.2, 0.25) is 0 Å². The van der Waals surface area contributed by atoms with Gasteiger partial charge in [-0.15, -0.1) is 0 Å². The van der Waals surface area contributed by atoms with E-state index in [0.717, 1.165) is 180 Å². The first-order valence-electron chi connectivity index (χ1n) is 39.8. The maximum absolute atomic E-state index is 13.1. The van der Waals surface area contributed by atoms with Gasteiger partial charge in [-0.3, -0.25) is 37.3 Å². The van der Waals surface area contributed by atoms with E-state index < -0.39 is 97.5 Å². The molecule has 0 aliphatic rings. The SMILES string of the molecule is CC/C=C\C/C=C\C/C=C\C/C=C\C/C=C\CCCCCC(=O)OCC(COP(=O)(O)OCC(O)COP(=O)(O)OCC(COC(=O)CCCCCCC/C=C\C/C=C\C/C=C\CC)OC(=O)CCCCCCC/C=C\CCCCCCCC)OC(=O)CCCCCCC/C=C\CCCCCC. The van der Waals surface area contributed by atoms with E-state index in [1.165, 1.54) is 64.2 Å². The summed E-state index contributed by atoms with van der Waals surface area (Å²) in [6.45, 7) is 4.57. The molecule has 0 aromatic carbocycles. The maximum Gasteiger partial charge on any atom is 0.472 e. The lowest BCUT2D eigenvalue weighted by atomic mass is 10.1. The number of aliphatic hydroxyl groups excluding tert-OH is 1. The fourth-order valence-corrected chi connectivity index (χ4v) is 11.9. The number of esters is 4. The summed E-state index contributed by atoms with van der Waals surface area (Å²) >= 11 is 0. The molecule has 0 aliphatic heterocycles. The normalized spacial score (nSPS) is 14.5. The highest BCUT2D eigenvalue weighted by atomic mass is 31.2. The Balaban J connectivity index is 5.39. The van der Waals surface area contributed by atoms with Gasteiger partial charge < -0.3 is 33.8 Å². The van der Waals surface area contributed by atoms with Gasteiger partial charge in [0, 0.05) is 25.7 Å². The van der Waals surface area contributed by atoms with E-state index in [2.05, 4.69) is 149 Å². The Labute approximate surface area is 619 Å². The van der Waals surface area contributed by atoms with E-state index in [9.17, 15) is 43.2 Å². The highest BCUT2D eigenvalue weighted by Gasteiger charge is 2.30. The summed E-state index contributed by atoms with van der Waals surface area (Å²) in [5, 5.41) is 10.6. The molecule has 0 saturated heterocycles. The molecule has 19 heteroatoms. The highest BCUT2D eigenvalue weighted by molar-refractivity contribution is 7.47. The first-order valence-corrected chi connectivity index (χ1v) is 42.8. The molecule has 102 heavy (non-hydrogen) atoms. The minimum atomic E-state index is -4.99. The Kier molecular flexibility index (Phi) is 71.4. The van der Waals surface area contributed by atoms with Crippen molar-refractivity contribution in [3.8, 4) is 0 Å². The van der Waals surface area contributed by atoms with Crippen LogP contribution in [0.3, 0.4) is 0 Å². The molecule has 0 bridgehead atoms. The molecule has 0 saturated carbocycles. The van der Waals surface area contributed by atoms with Gasteiger partial charge in [0.25, 0.3) is 0 Å². The zero-order chi connectivity index (χ0) is 74.6. The van der Waals surface area contributed by atoms with Crippen LogP contribution < -0.4 is 0 Å². The topological polar surface area (TPSA) is 237 Å². The van der Waals surface area contributed by atoms with Crippen LogP contribution in [0.2, 0.25) is 0 Å². The van der Waals surface area contributed by atoms with Crippen LogP contribution >= 0.6 is 15.6 Å². The van der Waals surface area contributed by atoms with Gasteiger partial charge in [-0.05, 0) is 154 Å². The number of carbonyl (C=O) groups excluding carboxylic acids is 4. The molecule has 0 amide bonds. The molecule has 0 aromatic heterocycles. The van der Waals surface area contributed by atoms with Crippen molar-refractivity contribution in [3.05, 3.63) is 122 Å². The number of allylic oxidation sites excluding steroid dienone is 20. The molecule has 0 heterocycles. The Morgan fingerprint density at radius 1 is 0.284 bits per heavy atom. The summed E-state index contributed by atoms with van der Waals surface area (Å²) in [5.74, 6) is -2.24. The lowest BCUT2D eigenvalue weighted by molar-refractivity contribution is -0.161. The molecule has 586 valence electrons. The van der Waals surface area contributed by atoms with Crippen molar-refractivity contribution in [2.45, 2.75) is 341 Å². The number of unbranched alkanes of at least 4 members (excludes halogenated alkanes) is 28. The van der Waals surface area contributed by atoms with Crippen LogP contribution in [0.25, 0.3) is 0 Å². The first-order chi connectivity index (χ1) is 49.7. The minimum Gasteiger partial charge on any atom is -0.462 e. The van der Waals surface area contributed by atoms with E-state index in [-0.39, 0.29) is 25.7 Å². The molecular formula is C83H142O17P2. The molecule has 0 radical (unpaired) electrons. The lowest BCUT2D eigenvalue weighted by Crippen LogP contribution is -2.30. The van der Waals surface area contributed by atoms with Gasteiger partial charge in [-0.2, -0.15) is 0 Å². The summed E-state index contributed by atoms with van der Waals surface area (Å²) in [6, 6.07) is 0. The van der Waals surface area contributed by atoms with Crippen LogP contribution in [-0.4, -0.2) is 96.7 Å². The van der Waals surface area contributed by atoms with Crippen LogP contribution in [0, 0.1) is 0 Å². The van der Waals surface area contributed by atoms with Gasteiger partial charge in [-0.25, -0.2) is 9.13 Å². The number of rotatable bonds is 74. The molecule has 0 fully saturated rings. The highest BCUT2D eigenvalue weighted by Crippen LogP contribution is 2.45. The summed E-state index contributed by atoms with van der Waals surface area (Å²) in [7, 11) is -9.97. The quantitative estimate of drug-likeness (QED) is 0.0169. The molecule has 0 aromatic rings. The zero-order valence-corrected chi connectivity index (χ0v) is 65.8. The Morgan fingerprint density at radius 3 is 0.814 bits per heavy atom. The summed E-state index contributed by atoms with van der Waals surface area (Å²) in [6.07, 6.45) is 81.8. The molecule has 5 unspecified atom stereocenters. The molecular weight excluding hydrogens is 1330 g/mol. The molecule has 0 rings (SSSR count). The second-order valence-electron chi connectivity index (χ2n) is 26.2. The van der Waals surface area contributed by atoms with Gasteiger partial charge >= 0.3 is 39.5 Å². The number of ether oxygens (including phenoxy) is 4. The Hall–Kier alpha value is -4.54. The van der Waals surface area contributed by atoms with E-state index in [1.54, 1.807) is 0 Å². The molecule has 0 aliphatic carbocycles. The third-order valence-electron chi connectivity index (χ3n) is 16.4. The van der Waals surface area contributed by atoms with Crippen LogP contribution in [-0.2, 0) is 65.4 Å². The molecule has 5 atom stereocenters. The van der Waals surface area contributed by atoms with Gasteiger partial charge in [0.05, 0.1) is 26.4 Å². The predicted octanol–water partition coefficient (Wildman–Crippen LogP) is 23.1. The van der Waals surface area contributed by atoms with Crippen LogP contribution in [0.1, 0.15) is 323 Å². The predicted molar refractivity (Wildman–Crippen MR) is 418 cm³/mol. The fraction of sp³-hybridized carbons (Fsp3) is 0.711. The smallest absolute Gasteiger partial charge is 0.462 e. The average molecular weight is 1470 g/mol. The van der Waals surface area contributed by atoms with E-state index in [1.807, 2.05) is 0 Å². The largest absolute Gasteiger partial charge is 0.472 e. The van der Waals surface area contributed by atoms with E-state index in [0.29, 0.717) is 25.7 Å². The summed E-state index contributed by atoms with van der Waals surface area (Å²) in [4.78, 5) is 73.0. The van der Waals surface area contributed by atoms with Crippen LogP contribution in [0.15, 0.2) is 122 Å². The fourth-order valence-electron chi connectivity index (χ4n) is 10.4. The number of carbonyl (C=O) groups is 4. The van der Waals surface area contributed by atoms with Crippen molar-refractivity contribution in [1.82, 2.24) is 0 Å². The maximum atomic E-state index is 13.1. The van der Waals surface area contributed by atoms with Gasteiger partial charge in [0.15, 0.2) is 12.2 Å². The first kappa shape index (κ1) is 97.5. The summed E-state index contributed by atoms with van der Waals surface area (Å²) < 4.78 is 68.5. The third-order valence-corrected chi connectivity index (χ3v) is 18.3. The van der Waals surface area contributed by atoms with Crippen LogP contribution in [0.4, 0.5) is 0 Å². The van der Waals surface area contributed by atoms with Crippen molar-refractivity contribution in [3.63, 3.8) is 0 Å². The van der Waals surface area contributed by atoms with E-state index in [4.69, 9.17) is 37.0 Å². The second-order valence-corrected chi connectivity index (χ2v) is 29.1. The van der Waals surface area contributed by atoms with Gasteiger partial charge in [0.1, 0.15) is 19.3 Å². The second kappa shape index (κ2) is 74.7. The average Bonchev–Trinajstić information content (AvgIpc) is 0.908. The zero-order valence-electron chi connectivity index (χ0n) is 64.0. The minimum absolute atomic E-state index is 0.0750. The molecule has 3 N–H and O–H groups in total. The Bertz CT molecular complexity index is 2410. The van der Waals surface area contributed by atoms with Gasteiger partial charge in [-0.1, -0.05) is 265 Å². The van der Waals surface area contributed by atoms with E-state index >= 15 is 0 Å². The number of hydrogen-bond acceptors (Lipinski definition) is 15. The number of hydrogen-bond donors (Lipinski definition) is 3. The van der Waals surface area contributed by atoms with Crippen molar-refractivity contribution in [1.29, 1.82) is 0 Å². The standard InChI is InChI=1S/C83H142O17P2/c1-5-9-13-17-21-25-29-33-36-37-38-39-42-45-48-52-56-60-64-68-81(86)94-73-78(99-82(87)69-65-61-57-53-49-43-32-28-24-20-16-12-8-4)75-97-101(89,90)95-71-77(84)72-96-102(91,92)98-76-79(100-83(88)70-66-62-58-54-50-46-41-35-31-27-23-19-15-11-7-3)74-93-80(85)67-63-59-55-51-47-44-40-34-30-26-22-18-14-10-6-2/h9-10,13-14,21-22,25-26,28,32-36,38-41,45,48,77-79,84H,5-8,11-12,15-20,23-24,27,29-31,37,42-44,46-47,49-76H2,1-4H3,(H,89,90)(H,91,92)/b13-9-,14-10-,25-21-,26-22-,32-28-,36-33-,39-38-,40-34-,41-35-,48-45-. The monoisotopic (exact) mass is 1470 g/mol. The van der Waals surface area contributed by atoms with Crippen molar-refractivity contribution in [2.24, 2.45) is 0 Å². The van der Waals surface area contributed by atoms with Crippen LogP contribution in [0.5, 0.6) is 0 Å². The van der Waals surface area contributed by atoms with Crippen molar-refractivity contribution in [2.75, 3.05) is 39.6 Å². The molecule has 0 spiro atoms. The molecule has 17 nitrogen and oxygen atoms in total. The summed E-state index contributed by atoms with van der Waals surface area (Å²) in [5.41, 5.74) is 0.